The number of halogens is 1. The number of thiophene rings is 1. The van der Waals surface area contributed by atoms with Gasteiger partial charge in [-0.2, -0.15) is 0 Å². The molecule has 126 valence electrons. The molecule has 3 heterocycles. The molecule has 0 atom stereocenters. The molecule has 0 unspecified atom stereocenters. The van der Waals surface area contributed by atoms with Crippen LogP contribution >= 0.6 is 22.9 Å². The minimum absolute atomic E-state index is 0.619. The summed E-state index contributed by atoms with van der Waals surface area (Å²) in [5, 5.41) is 1.30. The van der Waals surface area contributed by atoms with Gasteiger partial charge >= 0.3 is 0 Å². The summed E-state index contributed by atoms with van der Waals surface area (Å²) >= 11 is 7.73. The molecule has 1 aromatic carbocycles. The van der Waals surface area contributed by atoms with E-state index in [2.05, 4.69) is 34.3 Å². The van der Waals surface area contributed by atoms with Crippen molar-refractivity contribution in [1.29, 1.82) is 0 Å². The fraction of sp³-hybridized carbons (Fsp3) is 0.368. The van der Waals surface area contributed by atoms with Crippen LogP contribution in [-0.4, -0.2) is 30.1 Å². The number of fused-ring (bicyclic) bond motifs is 1. The highest BCUT2D eigenvalue weighted by molar-refractivity contribution is 7.16. The van der Waals surface area contributed by atoms with E-state index in [0.29, 0.717) is 5.92 Å². The molecule has 3 nitrogen and oxygen atoms in total. The van der Waals surface area contributed by atoms with E-state index >= 15 is 0 Å². The second-order valence-electron chi connectivity index (χ2n) is 6.41. The molecule has 0 saturated carbocycles. The zero-order valence-electron chi connectivity index (χ0n) is 13.7. The largest absolute Gasteiger partial charge is 0.497 e. The monoisotopic (exact) mass is 360 g/mol. The lowest BCUT2D eigenvalue weighted by Gasteiger charge is -2.31. The fourth-order valence-electron chi connectivity index (χ4n) is 3.65. The third kappa shape index (κ3) is 3.18. The Hall–Kier alpha value is -1.49. The van der Waals surface area contributed by atoms with Gasteiger partial charge < -0.3 is 9.72 Å². The van der Waals surface area contributed by atoms with Crippen molar-refractivity contribution in [3.8, 4) is 5.75 Å². The number of H-pyrrole nitrogens is 1. The van der Waals surface area contributed by atoms with Crippen LogP contribution in [0.3, 0.4) is 0 Å². The van der Waals surface area contributed by atoms with Gasteiger partial charge in [-0.25, -0.2) is 0 Å². The van der Waals surface area contributed by atoms with Crippen molar-refractivity contribution in [1.82, 2.24) is 9.88 Å². The van der Waals surface area contributed by atoms with Crippen molar-refractivity contribution in [3.63, 3.8) is 0 Å². The molecule has 0 bridgehead atoms. The normalized spacial score (nSPS) is 16.8. The van der Waals surface area contributed by atoms with E-state index in [-0.39, 0.29) is 0 Å². The summed E-state index contributed by atoms with van der Waals surface area (Å²) in [5.74, 6) is 1.55. The summed E-state index contributed by atoms with van der Waals surface area (Å²) < 4.78 is 6.27. The number of hydrogen-bond acceptors (Lipinski definition) is 3. The van der Waals surface area contributed by atoms with Crippen molar-refractivity contribution >= 4 is 33.8 Å². The Labute approximate surface area is 151 Å². The summed E-state index contributed by atoms with van der Waals surface area (Å²) in [6, 6.07) is 10.4. The molecule has 0 amide bonds. The Morgan fingerprint density at radius 2 is 2.08 bits per heavy atom. The van der Waals surface area contributed by atoms with Crippen molar-refractivity contribution in [2.45, 2.75) is 25.3 Å². The first kappa shape index (κ1) is 16.0. The van der Waals surface area contributed by atoms with Crippen LogP contribution in [0.2, 0.25) is 4.34 Å². The van der Waals surface area contributed by atoms with Gasteiger partial charge in [-0.15, -0.1) is 11.3 Å². The Bertz CT molecular complexity index is 833. The lowest BCUT2D eigenvalue weighted by molar-refractivity contribution is 0.206. The molecule has 0 aliphatic carbocycles. The molecule has 3 aromatic rings. The second kappa shape index (κ2) is 6.79. The number of aromatic nitrogens is 1. The zero-order chi connectivity index (χ0) is 16.5. The van der Waals surface area contributed by atoms with E-state index in [1.807, 2.05) is 12.1 Å². The lowest BCUT2D eigenvalue weighted by atomic mass is 9.89. The molecule has 5 heteroatoms. The van der Waals surface area contributed by atoms with Crippen molar-refractivity contribution < 1.29 is 4.74 Å². The molecular weight excluding hydrogens is 340 g/mol. The van der Waals surface area contributed by atoms with Crippen LogP contribution in [0, 0.1) is 0 Å². The molecule has 2 aromatic heterocycles. The molecule has 1 aliphatic rings. The van der Waals surface area contributed by atoms with E-state index in [0.717, 1.165) is 29.7 Å². The predicted octanol–water partition coefficient (Wildman–Crippen LogP) is 5.27. The van der Waals surface area contributed by atoms with Crippen LogP contribution < -0.4 is 4.74 Å². The first-order chi connectivity index (χ1) is 11.7. The van der Waals surface area contributed by atoms with Crippen LogP contribution in [0.25, 0.3) is 10.9 Å². The Morgan fingerprint density at radius 3 is 2.79 bits per heavy atom. The summed E-state index contributed by atoms with van der Waals surface area (Å²) in [7, 11) is 1.73. The Morgan fingerprint density at radius 1 is 1.25 bits per heavy atom. The summed E-state index contributed by atoms with van der Waals surface area (Å²) in [6.45, 7) is 3.29. The van der Waals surface area contributed by atoms with Crippen molar-refractivity contribution in [2.24, 2.45) is 0 Å². The minimum atomic E-state index is 0.619. The van der Waals surface area contributed by atoms with Gasteiger partial charge in [0.05, 0.1) is 11.4 Å². The van der Waals surface area contributed by atoms with E-state index in [1.165, 1.54) is 34.2 Å². The van der Waals surface area contributed by atoms with Crippen molar-refractivity contribution in [2.75, 3.05) is 20.2 Å². The lowest BCUT2D eigenvalue weighted by Crippen LogP contribution is -2.32. The molecule has 1 aliphatic heterocycles. The average Bonchev–Trinajstić information content (AvgIpc) is 3.21. The van der Waals surface area contributed by atoms with E-state index in [9.17, 15) is 0 Å². The van der Waals surface area contributed by atoms with Gasteiger partial charge in [0.25, 0.3) is 0 Å². The van der Waals surface area contributed by atoms with Crippen LogP contribution in [0.1, 0.15) is 29.2 Å². The maximum atomic E-state index is 6.04. The topological polar surface area (TPSA) is 28.3 Å². The number of nitrogens with one attached hydrogen (secondary N) is 1. The molecule has 0 spiro atoms. The summed E-state index contributed by atoms with van der Waals surface area (Å²) in [6.07, 6.45) is 4.58. The third-order valence-electron chi connectivity index (χ3n) is 4.96. The number of ether oxygens (including phenoxy) is 1. The van der Waals surface area contributed by atoms with E-state index < -0.39 is 0 Å². The third-order valence-corrected chi connectivity index (χ3v) is 6.17. The number of aromatic amines is 1. The first-order valence-corrected chi connectivity index (χ1v) is 9.54. The van der Waals surface area contributed by atoms with E-state index in [1.54, 1.807) is 18.4 Å². The number of benzene rings is 1. The quantitative estimate of drug-likeness (QED) is 0.686. The van der Waals surface area contributed by atoms with Gasteiger partial charge in [-0.05, 0) is 67.7 Å². The van der Waals surface area contributed by atoms with Crippen molar-refractivity contribution in [3.05, 3.63) is 51.3 Å². The molecule has 0 radical (unpaired) electrons. The van der Waals surface area contributed by atoms with Crippen LogP contribution in [0.4, 0.5) is 0 Å². The van der Waals surface area contributed by atoms with Gasteiger partial charge in [0.1, 0.15) is 5.75 Å². The highest BCUT2D eigenvalue weighted by Crippen LogP contribution is 2.35. The number of hydrogen-bond donors (Lipinski definition) is 1. The maximum Gasteiger partial charge on any atom is 0.119 e. The van der Waals surface area contributed by atoms with Gasteiger partial charge in [0.15, 0.2) is 0 Å². The molecule has 1 N–H and O–H groups in total. The maximum absolute atomic E-state index is 6.04. The standard InChI is InChI=1S/C19H21ClN2OS/c1-23-14-2-4-18-16(10-14)17(11-21-18)13-6-8-22(9-7-13)12-15-3-5-19(20)24-15/h2-5,10-11,13,21H,6-9,12H2,1H3. The number of methoxy groups -OCH3 is 1. The van der Waals surface area contributed by atoms with Gasteiger partial charge in [0.2, 0.25) is 0 Å². The Balaban J connectivity index is 1.45. The fourth-order valence-corrected chi connectivity index (χ4v) is 4.78. The SMILES string of the molecule is COc1ccc2[nH]cc(C3CCN(Cc4ccc(Cl)s4)CC3)c2c1. The second-order valence-corrected chi connectivity index (χ2v) is 8.21. The average molecular weight is 361 g/mol. The van der Waals surface area contributed by atoms with Crippen LogP contribution in [0.15, 0.2) is 36.5 Å². The summed E-state index contributed by atoms with van der Waals surface area (Å²) in [4.78, 5) is 7.30. The predicted molar refractivity (Wildman–Crippen MR) is 101 cm³/mol. The molecule has 1 saturated heterocycles. The summed E-state index contributed by atoms with van der Waals surface area (Å²) in [5.41, 5.74) is 2.63. The van der Waals surface area contributed by atoms with Crippen LogP contribution in [0.5, 0.6) is 5.75 Å². The smallest absolute Gasteiger partial charge is 0.119 e. The molecule has 24 heavy (non-hydrogen) atoms. The first-order valence-electron chi connectivity index (χ1n) is 8.34. The zero-order valence-corrected chi connectivity index (χ0v) is 15.3. The number of likely N-dealkylation sites (tertiary alicyclic amines) is 1. The highest BCUT2D eigenvalue weighted by atomic mass is 35.5. The van der Waals surface area contributed by atoms with Gasteiger partial charge in [-0.1, -0.05) is 11.6 Å². The number of piperidine rings is 1. The number of nitrogens with zero attached hydrogens (tertiary/aromatic N) is 1. The molecular formula is C19H21ClN2OS. The molecule has 1 fully saturated rings. The van der Waals surface area contributed by atoms with Gasteiger partial charge in [0, 0.05) is 28.5 Å². The number of rotatable bonds is 4. The van der Waals surface area contributed by atoms with E-state index in [4.69, 9.17) is 16.3 Å². The van der Waals surface area contributed by atoms with Gasteiger partial charge in [-0.3, -0.25) is 4.90 Å². The Kier molecular flexibility index (Phi) is 4.53. The minimum Gasteiger partial charge on any atom is -0.497 e. The highest BCUT2D eigenvalue weighted by Gasteiger charge is 2.23. The molecule has 4 rings (SSSR count). The van der Waals surface area contributed by atoms with Crippen LogP contribution in [-0.2, 0) is 6.54 Å².